The van der Waals surface area contributed by atoms with Gasteiger partial charge in [0.25, 0.3) is 0 Å². The van der Waals surface area contributed by atoms with Gasteiger partial charge in [0.1, 0.15) is 0 Å². The third kappa shape index (κ3) is 6.16. The molecule has 0 saturated heterocycles. The highest BCUT2D eigenvalue weighted by Gasteiger charge is 2.02. The van der Waals surface area contributed by atoms with Crippen LogP contribution in [0.3, 0.4) is 0 Å². The molecule has 0 aliphatic heterocycles. The number of carbonyl (C=O) groups is 1. The van der Waals surface area contributed by atoms with E-state index in [1.54, 1.807) is 0 Å². The van der Waals surface area contributed by atoms with Crippen LogP contribution in [-0.4, -0.2) is 25.0 Å². The van der Waals surface area contributed by atoms with Gasteiger partial charge in [0, 0.05) is 12.6 Å². The van der Waals surface area contributed by atoms with E-state index in [-0.39, 0.29) is 5.91 Å². The lowest BCUT2D eigenvalue weighted by Crippen LogP contribution is -2.37. The molecule has 0 saturated carbocycles. The van der Waals surface area contributed by atoms with Crippen LogP contribution in [0, 0.1) is 0 Å². The van der Waals surface area contributed by atoms with Gasteiger partial charge in [-0.2, -0.15) is 0 Å². The van der Waals surface area contributed by atoms with Crippen LogP contribution in [-0.2, 0) is 4.79 Å². The van der Waals surface area contributed by atoms with E-state index in [2.05, 4.69) is 24.5 Å². The lowest BCUT2D eigenvalue weighted by atomic mass is 10.2. The molecular formula is C9H20N2O. The standard InChI is InChI=1S/C9H20N2O/c1-4-6-8(3)11-7-9(12)10-5-2/h8,11H,4-7H2,1-3H3,(H,10,12). The van der Waals surface area contributed by atoms with Crippen molar-refractivity contribution in [1.29, 1.82) is 0 Å². The first-order chi connectivity index (χ1) is 5.70. The number of hydrogen-bond donors (Lipinski definition) is 2. The number of likely N-dealkylation sites (N-methyl/N-ethyl adjacent to an activating group) is 1. The predicted molar refractivity (Wildman–Crippen MR) is 51.1 cm³/mol. The Hall–Kier alpha value is -0.570. The van der Waals surface area contributed by atoms with Gasteiger partial charge < -0.3 is 10.6 Å². The molecule has 0 fully saturated rings. The van der Waals surface area contributed by atoms with Crippen molar-refractivity contribution in [2.24, 2.45) is 0 Å². The highest BCUT2D eigenvalue weighted by Crippen LogP contribution is 1.93. The molecule has 1 unspecified atom stereocenters. The molecule has 0 spiro atoms. The van der Waals surface area contributed by atoms with Gasteiger partial charge in [-0.05, 0) is 20.3 Å². The van der Waals surface area contributed by atoms with Crippen LogP contribution in [0.5, 0.6) is 0 Å². The van der Waals surface area contributed by atoms with E-state index in [9.17, 15) is 4.79 Å². The van der Waals surface area contributed by atoms with Crippen LogP contribution >= 0.6 is 0 Å². The first kappa shape index (κ1) is 11.4. The van der Waals surface area contributed by atoms with E-state index >= 15 is 0 Å². The summed E-state index contributed by atoms with van der Waals surface area (Å²) < 4.78 is 0. The molecule has 0 aliphatic rings. The average Bonchev–Trinajstić information content (AvgIpc) is 2.02. The van der Waals surface area contributed by atoms with Crippen LogP contribution in [0.1, 0.15) is 33.6 Å². The number of hydrogen-bond acceptors (Lipinski definition) is 2. The summed E-state index contributed by atoms with van der Waals surface area (Å²) >= 11 is 0. The van der Waals surface area contributed by atoms with Gasteiger partial charge in [-0.3, -0.25) is 4.79 Å². The minimum Gasteiger partial charge on any atom is -0.355 e. The summed E-state index contributed by atoms with van der Waals surface area (Å²) in [6.45, 7) is 7.32. The zero-order valence-corrected chi connectivity index (χ0v) is 8.31. The van der Waals surface area contributed by atoms with Gasteiger partial charge in [0.15, 0.2) is 0 Å². The van der Waals surface area contributed by atoms with Gasteiger partial charge >= 0.3 is 0 Å². The zero-order valence-electron chi connectivity index (χ0n) is 8.31. The molecule has 0 aliphatic carbocycles. The van der Waals surface area contributed by atoms with Gasteiger partial charge in [-0.1, -0.05) is 13.3 Å². The topological polar surface area (TPSA) is 41.1 Å². The lowest BCUT2D eigenvalue weighted by Gasteiger charge is -2.11. The van der Waals surface area contributed by atoms with Gasteiger partial charge in [0.2, 0.25) is 5.91 Å². The number of rotatable bonds is 6. The quantitative estimate of drug-likeness (QED) is 0.625. The molecule has 1 atom stereocenters. The van der Waals surface area contributed by atoms with Crippen molar-refractivity contribution in [1.82, 2.24) is 10.6 Å². The zero-order chi connectivity index (χ0) is 9.40. The maximum atomic E-state index is 11.0. The monoisotopic (exact) mass is 172 g/mol. The summed E-state index contributed by atoms with van der Waals surface area (Å²) in [7, 11) is 0. The Bertz CT molecular complexity index is 126. The van der Waals surface area contributed by atoms with Crippen LogP contribution in [0.2, 0.25) is 0 Å². The van der Waals surface area contributed by atoms with Crippen molar-refractivity contribution in [3.05, 3.63) is 0 Å². The second-order valence-corrected chi connectivity index (χ2v) is 3.02. The number of amides is 1. The summed E-state index contributed by atoms with van der Waals surface area (Å²) in [4.78, 5) is 11.0. The molecule has 72 valence electrons. The highest BCUT2D eigenvalue weighted by molar-refractivity contribution is 5.77. The first-order valence-electron chi connectivity index (χ1n) is 4.70. The molecule has 0 bridgehead atoms. The molecular weight excluding hydrogens is 152 g/mol. The van der Waals surface area contributed by atoms with Crippen molar-refractivity contribution in [2.45, 2.75) is 39.7 Å². The summed E-state index contributed by atoms with van der Waals surface area (Å²) in [6.07, 6.45) is 2.28. The molecule has 0 radical (unpaired) electrons. The molecule has 1 amide bonds. The summed E-state index contributed by atoms with van der Waals surface area (Å²) in [5.41, 5.74) is 0. The molecule has 0 aromatic heterocycles. The molecule has 12 heavy (non-hydrogen) atoms. The van der Waals surface area contributed by atoms with E-state index in [4.69, 9.17) is 0 Å². The summed E-state index contributed by atoms with van der Waals surface area (Å²) in [6, 6.07) is 0.442. The van der Waals surface area contributed by atoms with Crippen LogP contribution in [0.25, 0.3) is 0 Å². The van der Waals surface area contributed by atoms with Gasteiger partial charge in [0.05, 0.1) is 6.54 Å². The Morgan fingerprint density at radius 2 is 2.08 bits per heavy atom. The fourth-order valence-corrected chi connectivity index (χ4v) is 1.06. The minimum absolute atomic E-state index is 0.0838. The lowest BCUT2D eigenvalue weighted by molar-refractivity contribution is -0.120. The Balaban J connectivity index is 3.33. The molecule has 3 heteroatoms. The van der Waals surface area contributed by atoms with Crippen LogP contribution < -0.4 is 10.6 Å². The van der Waals surface area contributed by atoms with Crippen molar-refractivity contribution < 1.29 is 4.79 Å². The SMILES string of the molecule is CCCC(C)NCC(=O)NCC. The van der Waals surface area contributed by atoms with E-state index in [0.717, 1.165) is 12.8 Å². The van der Waals surface area contributed by atoms with E-state index in [1.165, 1.54) is 0 Å². The Labute approximate surface area is 74.9 Å². The summed E-state index contributed by atoms with van der Waals surface area (Å²) in [5, 5.41) is 5.90. The number of nitrogens with one attached hydrogen (secondary N) is 2. The van der Waals surface area contributed by atoms with E-state index < -0.39 is 0 Å². The maximum absolute atomic E-state index is 11.0. The number of carbonyl (C=O) groups excluding carboxylic acids is 1. The molecule has 3 nitrogen and oxygen atoms in total. The Morgan fingerprint density at radius 3 is 2.58 bits per heavy atom. The third-order valence-corrected chi connectivity index (χ3v) is 1.71. The Kier molecular flexibility index (Phi) is 6.76. The average molecular weight is 172 g/mol. The van der Waals surface area contributed by atoms with Crippen molar-refractivity contribution in [3.8, 4) is 0 Å². The second-order valence-electron chi connectivity index (χ2n) is 3.02. The molecule has 0 aromatic rings. The van der Waals surface area contributed by atoms with Crippen molar-refractivity contribution in [3.63, 3.8) is 0 Å². The van der Waals surface area contributed by atoms with Crippen molar-refractivity contribution in [2.75, 3.05) is 13.1 Å². The Morgan fingerprint density at radius 1 is 1.42 bits per heavy atom. The van der Waals surface area contributed by atoms with E-state index in [0.29, 0.717) is 19.1 Å². The molecule has 0 heterocycles. The summed E-state index contributed by atoms with van der Waals surface area (Å²) in [5.74, 6) is 0.0838. The fraction of sp³-hybridized carbons (Fsp3) is 0.889. The molecule has 2 N–H and O–H groups in total. The van der Waals surface area contributed by atoms with Crippen LogP contribution in [0.15, 0.2) is 0 Å². The van der Waals surface area contributed by atoms with Crippen molar-refractivity contribution >= 4 is 5.91 Å². The van der Waals surface area contributed by atoms with Crippen LogP contribution in [0.4, 0.5) is 0 Å². The normalized spacial score (nSPS) is 12.6. The minimum atomic E-state index is 0.0838. The van der Waals surface area contributed by atoms with Gasteiger partial charge in [-0.25, -0.2) is 0 Å². The highest BCUT2D eigenvalue weighted by atomic mass is 16.1. The predicted octanol–water partition coefficient (Wildman–Crippen LogP) is 0.901. The smallest absolute Gasteiger partial charge is 0.233 e. The fourth-order valence-electron chi connectivity index (χ4n) is 1.06. The molecule has 0 rings (SSSR count). The third-order valence-electron chi connectivity index (χ3n) is 1.71. The second kappa shape index (κ2) is 7.10. The molecule has 0 aromatic carbocycles. The largest absolute Gasteiger partial charge is 0.355 e. The van der Waals surface area contributed by atoms with Gasteiger partial charge in [-0.15, -0.1) is 0 Å². The first-order valence-corrected chi connectivity index (χ1v) is 4.70. The van der Waals surface area contributed by atoms with E-state index in [1.807, 2.05) is 6.92 Å². The maximum Gasteiger partial charge on any atom is 0.233 e.